The summed E-state index contributed by atoms with van der Waals surface area (Å²) in [6.45, 7) is 5.66. The third-order valence-electron chi connectivity index (χ3n) is 8.64. The molecule has 0 aliphatic carbocycles. The second-order valence-corrected chi connectivity index (χ2v) is 10.2. The van der Waals surface area contributed by atoms with Gasteiger partial charge < -0.3 is 49.1 Å². The number of nitrogens with one attached hydrogen (secondary N) is 1. The summed E-state index contributed by atoms with van der Waals surface area (Å²) in [5, 5.41) is 3.83. The van der Waals surface area contributed by atoms with E-state index in [0.717, 1.165) is 55.4 Å². The van der Waals surface area contributed by atoms with Gasteiger partial charge in [0.05, 0.1) is 28.4 Å². The molecule has 3 aliphatic heterocycles. The Morgan fingerprint density at radius 2 is 1.35 bits per heavy atom. The molecule has 1 fully saturated rings. The van der Waals surface area contributed by atoms with E-state index in [0.29, 0.717) is 23.9 Å². The van der Waals surface area contributed by atoms with Gasteiger partial charge in [-0.05, 0) is 90.6 Å². The molecule has 2 aromatic carbocycles. The fourth-order valence-electron chi connectivity index (χ4n) is 6.74. The van der Waals surface area contributed by atoms with Crippen molar-refractivity contribution < 1.29 is 43.8 Å². The van der Waals surface area contributed by atoms with E-state index in [4.69, 9.17) is 18.9 Å². The minimum absolute atomic E-state index is 0. The van der Waals surface area contributed by atoms with Crippen molar-refractivity contribution in [1.82, 2.24) is 10.2 Å². The van der Waals surface area contributed by atoms with Gasteiger partial charge in [0.25, 0.3) is 0 Å². The lowest BCUT2D eigenvalue weighted by molar-refractivity contribution is -0.00100. The average Bonchev–Trinajstić information content (AvgIpc) is 2.91. The van der Waals surface area contributed by atoms with Crippen LogP contribution < -0.4 is 49.1 Å². The first-order valence-corrected chi connectivity index (χ1v) is 13.1. The molecule has 37 heavy (non-hydrogen) atoms. The van der Waals surface area contributed by atoms with Crippen molar-refractivity contribution in [3.05, 3.63) is 46.5 Å². The van der Waals surface area contributed by atoms with Gasteiger partial charge in [0.2, 0.25) is 0 Å². The van der Waals surface area contributed by atoms with Gasteiger partial charge in [-0.3, -0.25) is 4.90 Å². The van der Waals surface area contributed by atoms with Crippen LogP contribution in [0.1, 0.15) is 60.5 Å². The van der Waals surface area contributed by atoms with Gasteiger partial charge in [-0.25, -0.2) is 0 Å². The Balaban J connectivity index is 0.00000190. The maximum absolute atomic E-state index is 5.68. The van der Waals surface area contributed by atoms with E-state index < -0.39 is 0 Å². The molecule has 0 saturated carbocycles. The Morgan fingerprint density at radius 3 is 1.95 bits per heavy atom. The number of hydrogen-bond donors (Lipinski definition) is 1. The lowest BCUT2D eigenvalue weighted by atomic mass is 9.72. The summed E-state index contributed by atoms with van der Waals surface area (Å²) < 4.78 is 22.5. The van der Waals surface area contributed by atoms with Crippen LogP contribution in [0.3, 0.4) is 0 Å². The highest BCUT2D eigenvalue weighted by atomic mass is 35.5. The molecule has 0 radical (unpaired) electrons. The van der Waals surface area contributed by atoms with E-state index in [2.05, 4.69) is 41.4 Å². The number of piperidine rings is 1. The standard InChI is InChI=1S/C29H40N2O4.2ClH/c1-6-18-17-31-10-8-20-14-27(33-3)29(35-5)16-23(20)25(31)12-21(18)11-24-22-15-28(34-4)26(32-2)13-19(22)7-9-30-24;;/h13-16,18,21,24-25,30H,6-12,17H2,1-5H3;2*1H/p-2/t18-,21-,24?,25?;;/m0../s1. The van der Waals surface area contributed by atoms with Crippen LogP contribution in [0.2, 0.25) is 0 Å². The van der Waals surface area contributed by atoms with Crippen molar-refractivity contribution in [1.29, 1.82) is 0 Å². The van der Waals surface area contributed by atoms with Crippen LogP contribution in [0.25, 0.3) is 0 Å². The minimum Gasteiger partial charge on any atom is -1.00 e. The molecule has 5 rings (SSSR count). The van der Waals surface area contributed by atoms with Crippen molar-refractivity contribution >= 4 is 0 Å². The zero-order valence-electron chi connectivity index (χ0n) is 22.6. The lowest BCUT2D eigenvalue weighted by Crippen LogP contribution is -3.00. The van der Waals surface area contributed by atoms with Crippen LogP contribution in [0.4, 0.5) is 0 Å². The average molecular weight is 552 g/mol. The Morgan fingerprint density at radius 1 is 0.784 bits per heavy atom. The van der Waals surface area contributed by atoms with Crippen molar-refractivity contribution in [2.24, 2.45) is 11.8 Å². The van der Waals surface area contributed by atoms with Crippen molar-refractivity contribution in [3.63, 3.8) is 0 Å². The first-order valence-electron chi connectivity index (χ1n) is 13.1. The summed E-state index contributed by atoms with van der Waals surface area (Å²) >= 11 is 0. The number of fused-ring (bicyclic) bond motifs is 4. The van der Waals surface area contributed by atoms with Crippen LogP contribution in [0, 0.1) is 11.8 Å². The second kappa shape index (κ2) is 12.8. The maximum Gasteiger partial charge on any atom is 0.161 e. The monoisotopic (exact) mass is 550 g/mol. The van der Waals surface area contributed by atoms with E-state index in [-0.39, 0.29) is 24.8 Å². The zero-order valence-corrected chi connectivity index (χ0v) is 24.1. The van der Waals surface area contributed by atoms with Crippen molar-refractivity contribution in [2.45, 2.75) is 51.1 Å². The smallest absolute Gasteiger partial charge is 0.161 e. The normalized spacial score (nSPS) is 24.4. The fourth-order valence-corrected chi connectivity index (χ4v) is 6.74. The van der Waals surface area contributed by atoms with Gasteiger partial charge in [0.15, 0.2) is 23.0 Å². The number of nitrogens with zero attached hydrogens (tertiary/aromatic N) is 1. The zero-order chi connectivity index (χ0) is 24.5. The van der Waals surface area contributed by atoms with E-state index in [1.165, 1.54) is 41.6 Å². The Labute approximate surface area is 234 Å². The first kappa shape index (κ1) is 29.7. The molecule has 1 N–H and O–H groups in total. The molecule has 0 aromatic heterocycles. The highest BCUT2D eigenvalue weighted by molar-refractivity contribution is 5.50. The highest BCUT2D eigenvalue weighted by Gasteiger charge is 2.40. The SMILES string of the molecule is CC[C@H]1CN2CCc3cc(OC)c(OC)cc3C2C[C@@H]1CC1NCCc2cc(OC)c(OC)cc21.[Cl-].[Cl-]. The first-order chi connectivity index (χ1) is 17.1. The van der Waals surface area contributed by atoms with Gasteiger partial charge in [-0.2, -0.15) is 0 Å². The highest BCUT2D eigenvalue weighted by Crippen LogP contribution is 2.48. The van der Waals surface area contributed by atoms with E-state index in [1.807, 2.05) is 0 Å². The number of halogens is 2. The second-order valence-electron chi connectivity index (χ2n) is 10.2. The van der Waals surface area contributed by atoms with Crippen LogP contribution in [-0.4, -0.2) is 53.0 Å². The maximum atomic E-state index is 5.68. The van der Waals surface area contributed by atoms with Gasteiger partial charge in [0.1, 0.15) is 0 Å². The molecule has 1 saturated heterocycles. The number of ether oxygens (including phenoxy) is 4. The summed E-state index contributed by atoms with van der Waals surface area (Å²) in [6.07, 6.45) is 5.65. The molecule has 0 bridgehead atoms. The van der Waals surface area contributed by atoms with E-state index in [9.17, 15) is 0 Å². The van der Waals surface area contributed by atoms with Crippen LogP contribution in [0.5, 0.6) is 23.0 Å². The van der Waals surface area contributed by atoms with Gasteiger partial charge in [-0.1, -0.05) is 13.3 Å². The summed E-state index contributed by atoms with van der Waals surface area (Å²) in [5.41, 5.74) is 5.60. The molecule has 3 heterocycles. The molecule has 8 heteroatoms. The summed E-state index contributed by atoms with van der Waals surface area (Å²) in [7, 11) is 6.90. The predicted octanol–water partition coefficient (Wildman–Crippen LogP) is -1.05. The minimum atomic E-state index is 0. The lowest BCUT2D eigenvalue weighted by Gasteiger charge is -2.48. The molecule has 2 aromatic rings. The molecule has 6 nitrogen and oxygen atoms in total. The number of benzene rings is 2. The molecular formula is C29H40Cl2N2O4-2. The molecule has 0 amide bonds. The summed E-state index contributed by atoms with van der Waals surface area (Å²) in [4.78, 5) is 2.72. The van der Waals surface area contributed by atoms with Crippen LogP contribution >= 0.6 is 0 Å². The van der Waals surface area contributed by atoms with Crippen molar-refractivity contribution in [2.75, 3.05) is 48.1 Å². The van der Waals surface area contributed by atoms with E-state index in [1.54, 1.807) is 28.4 Å². The predicted molar refractivity (Wildman–Crippen MR) is 138 cm³/mol. The Kier molecular flexibility index (Phi) is 10.3. The van der Waals surface area contributed by atoms with Crippen LogP contribution in [0.15, 0.2) is 24.3 Å². The van der Waals surface area contributed by atoms with Crippen molar-refractivity contribution in [3.8, 4) is 23.0 Å². The topological polar surface area (TPSA) is 52.2 Å². The Bertz CT molecular complexity index is 1060. The summed E-state index contributed by atoms with van der Waals surface area (Å²) in [5.74, 6) is 4.69. The third kappa shape index (κ3) is 5.63. The van der Waals surface area contributed by atoms with Crippen LogP contribution in [-0.2, 0) is 12.8 Å². The molecule has 2 unspecified atom stereocenters. The third-order valence-corrected chi connectivity index (χ3v) is 8.64. The summed E-state index contributed by atoms with van der Waals surface area (Å²) in [6, 6.07) is 9.61. The number of methoxy groups -OCH3 is 4. The quantitative estimate of drug-likeness (QED) is 0.475. The molecule has 3 aliphatic rings. The molecule has 0 spiro atoms. The largest absolute Gasteiger partial charge is 1.00 e. The Hall–Kier alpha value is -1.86. The molecule has 206 valence electrons. The van der Waals surface area contributed by atoms with Gasteiger partial charge in [0, 0.05) is 25.2 Å². The number of hydrogen-bond acceptors (Lipinski definition) is 6. The van der Waals surface area contributed by atoms with E-state index >= 15 is 0 Å². The number of rotatable bonds is 7. The fraction of sp³-hybridized carbons (Fsp3) is 0.586. The van der Waals surface area contributed by atoms with Gasteiger partial charge in [-0.15, -0.1) is 0 Å². The van der Waals surface area contributed by atoms with Gasteiger partial charge >= 0.3 is 0 Å². The molecule has 4 atom stereocenters. The molecular weight excluding hydrogens is 511 g/mol.